The smallest absolute Gasteiger partial charge is 0.253 e. The molecule has 1 fully saturated rings. The Labute approximate surface area is 157 Å². The van der Waals surface area contributed by atoms with Crippen LogP contribution < -0.4 is 10.6 Å². The van der Waals surface area contributed by atoms with E-state index >= 15 is 0 Å². The van der Waals surface area contributed by atoms with Crippen molar-refractivity contribution in [2.24, 2.45) is 0 Å². The van der Waals surface area contributed by atoms with Gasteiger partial charge in [0.2, 0.25) is 5.91 Å². The van der Waals surface area contributed by atoms with Crippen LogP contribution in [0.25, 0.3) is 0 Å². The van der Waals surface area contributed by atoms with Crippen molar-refractivity contribution in [3.8, 4) is 0 Å². The maximum absolute atomic E-state index is 13.1. The number of benzene rings is 2. The van der Waals surface area contributed by atoms with Crippen LogP contribution in [0.3, 0.4) is 0 Å². The van der Waals surface area contributed by atoms with Crippen molar-refractivity contribution in [2.75, 3.05) is 11.9 Å². The fourth-order valence-corrected chi connectivity index (χ4v) is 3.01. The summed E-state index contributed by atoms with van der Waals surface area (Å²) in [6, 6.07) is 13.6. The molecule has 0 spiro atoms. The van der Waals surface area contributed by atoms with E-state index in [1.54, 1.807) is 12.1 Å². The monoisotopic (exact) mass is 370 g/mol. The maximum atomic E-state index is 13.1. The Hall–Kier alpha value is -2.73. The van der Waals surface area contributed by atoms with Gasteiger partial charge in [-0.3, -0.25) is 9.59 Å². The van der Waals surface area contributed by atoms with Crippen molar-refractivity contribution < 1.29 is 18.7 Å². The van der Waals surface area contributed by atoms with Crippen molar-refractivity contribution in [1.29, 1.82) is 0 Å². The van der Waals surface area contributed by atoms with Crippen LogP contribution >= 0.6 is 0 Å². The zero-order chi connectivity index (χ0) is 19.1. The van der Waals surface area contributed by atoms with E-state index in [0.29, 0.717) is 31.7 Å². The number of rotatable bonds is 7. The van der Waals surface area contributed by atoms with Crippen molar-refractivity contribution in [1.82, 2.24) is 5.32 Å². The summed E-state index contributed by atoms with van der Waals surface area (Å²) in [7, 11) is 0. The molecule has 0 bridgehead atoms. The molecule has 1 atom stereocenters. The highest BCUT2D eigenvalue weighted by atomic mass is 19.1. The first kappa shape index (κ1) is 19.0. The number of hydrogen-bond donors (Lipinski definition) is 2. The molecule has 2 amide bonds. The molecule has 1 heterocycles. The van der Waals surface area contributed by atoms with E-state index in [1.165, 1.54) is 12.1 Å². The highest BCUT2D eigenvalue weighted by Gasteiger charge is 2.23. The molecule has 6 heteroatoms. The number of carbonyl (C=O) groups is 2. The second-order valence-electron chi connectivity index (χ2n) is 6.60. The summed E-state index contributed by atoms with van der Waals surface area (Å²) in [4.78, 5) is 24.1. The van der Waals surface area contributed by atoms with Crippen LogP contribution in [-0.4, -0.2) is 24.5 Å². The third-order valence-electron chi connectivity index (χ3n) is 4.44. The lowest BCUT2D eigenvalue weighted by atomic mass is 10.1. The number of aryl methyl sites for hydroxylation is 1. The van der Waals surface area contributed by atoms with Crippen LogP contribution in [0.1, 0.15) is 30.4 Å². The van der Waals surface area contributed by atoms with Crippen LogP contribution in [0.5, 0.6) is 0 Å². The third-order valence-corrected chi connectivity index (χ3v) is 4.44. The quantitative estimate of drug-likeness (QED) is 0.787. The summed E-state index contributed by atoms with van der Waals surface area (Å²) in [5, 5.41) is 5.70. The molecule has 1 aliphatic rings. The minimum Gasteiger partial charge on any atom is -0.368 e. The third kappa shape index (κ3) is 5.89. The predicted molar refractivity (Wildman–Crippen MR) is 101 cm³/mol. The second kappa shape index (κ2) is 9.28. The number of anilines is 1. The minimum atomic E-state index is -0.379. The van der Waals surface area contributed by atoms with Gasteiger partial charge in [-0.25, -0.2) is 4.39 Å². The highest BCUT2D eigenvalue weighted by molar-refractivity contribution is 5.94. The lowest BCUT2D eigenvalue weighted by Crippen LogP contribution is -2.27. The Balaban J connectivity index is 1.46. The summed E-state index contributed by atoms with van der Waals surface area (Å²) in [6.45, 7) is 0.991. The minimum absolute atomic E-state index is 0.104. The molecule has 2 N–H and O–H groups in total. The summed E-state index contributed by atoms with van der Waals surface area (Å²) in [5.41, 5.74) is 2.37. The number of amides is 2. The van der Waals surface area contributed by atoms with Gasteiger partial charge in [-0.05, 0) is 54.7 Å². The Morgan fingerprint density at radius 1 is 1.11 bits per heavy atom. The molecule has 0 aliphatic carbocycles. The number of nitrogens with one attached hydrogen (secondary N) is 2. The number of hydrogen-bond acceptors (Lipinski definition) is 3. The standard InChI is InChI=1S/C21H23FN2O3/c22-17-6-1-4-15(12-17)9-10-20(25)23-14-16-5-2-7-18(13-16)24-21(26)19-8-3-11-27-19/h1-2,4-7,12-13,19H,3,8-11,14H2,(H,23,25)(H,24,26). The fourth-order valence-electron chi connectivity index (χ4n) is 3.01. The van der Waals surface area contributed by atoms with E-state index in [4.69, 9.17) is 4.74 Å². The maximum Gasteiger partial charge on any atom is 0.253 e. The molecule has 3 rings (SSSR count). The first-order valence-corrected chi connectivity index (χ1v) is 9.13. The summed E-state index contributed by atoms with van der Waals surface area (Å²) in [5.74, 6) is -0.536. The Kier molecular flexibility index (Phi) is 6.54. The van der Waals surface area contributed by atoms with Gasteiger partial charge in [0.05, 0.1) is 0 Å². The number of carbonyl (C=O) groups excluding carboxylic acids is 2. The Bertz CT molecular complexity index is 804. The second-order valence-corrected chi connectivity index (χ2v) is 6.60. The summed E-state index contributed by atoms with van der Waals surface area (Å²) in [6.07, 6.45) is 2.04. The lowest BCUT2D eigenvalue weighted by Gasteiger charge is -2.12. The van der Waals surface area contributed by atoms with Crippen LogP contribution in [0.15, 0.2) is 48.5 Å². The molecule has 0 saturated carbocycles. The zero-order valence-corrected chi connectivity index (χ0v) is 15.0. The molecule has 27 heavy (non-hydrogen) atoms. The van der Waals surface area contributed by atoms with Gasteiger partial charge in [-0.1, -0.05) is 24.3 Å². The lowest BCUT2D eigenvalue weighted by molar-refractivity contribution is -0.124. The van der Waals surface area contributed by atoms with Gasteiger partial charge in [0.25, 0.3) is 5.91 Å². The summed E-state index contributed by atoms with van der Waals surface area (Å²) >= 11 is 0. The van der Waals surface area contributed by atoms with Crippen molar-refractivity contribution in [3.05, 3.63) is 65.5 Å². The van der Waals surface area contributed by atoms with Crippen LogP contribution in [0, 0.1) is 5.82 Å². The highest BCUT2D eigenvalue weighted by Crippen LogP contribution is 2.16. The summed E-state index contributed by atoms with van der Waals surface area (Å²) < 4.78 is 18.5. The van der Waals surface area contributed by atoms with E-state index in [1.807, 2.05) is 24.3 Å². The van der Waals surface area contributed by atoms with E-state index in [9.17, 15) is 14.0 Å². The topological polar surface area (TPSA) is 67.4 Å². The fraction of sp³-hybridized carbons (Fsp3) is 0.333. The van der Waals surface area contributed by atoms with E-state index < -0.39 is 0 Å². The van der Waals surface area contributed by atoms with E-state index in [2.05, 4.69) is 10.6 Å². The molecule has 5 nitrogen and oxygen atoms in total. The molecule has 1 aliphatic heterocycles. The molecule has 1 unspecified atom stereocenters. The van der Waals surface area contributed by atoms with Crippen molar-refractivity contribution in [3.63, 3.8) is 0 Å². The first-order chi connectivity index (χ1) is 13.1. The molecule has 0 aromatic heterocycles. The van der Waals surface area contributed by atoms with Gasteiger partial charge in [-0.15, -0.1) is 0 Å². The van der Waals surface area contributed by atoms with Gasteiger partial charge < -0.3 is 15.4 Å². The van der Waals surface area contributed by atoms with Crippen LogP contribution in [-0.2, 0) is 27.3 Å². The molecular weight excluding hydrogens is 347 g/mol. The van der Waals surface area contributed by atoms with Crippen molar-refractivity contribution >= 4 is 17.5 Å². The van der Waals surface area contributed by atoms with Gasteiger partial charge in [0.1, 0.15) is 11.9 Å². The van der Waals surface area contributed by atoms with Crippen LogP contribution in [0.2, 0.25) is 0 Å². The Morgan fingerprint density at radius 3 is 2.70 bits per heavy atom. The molecular formula is C21H23FN2O3. The molecule has 1 saturated heterocycles. The molecule has 2 aromatic carbocycles. The van der Waals surface area contributed by atoms with Gasteiger partial charge in [0.15, 0.2) is 0 Å². The number of ether oxygens (including phenoxy) is 1. The van der Waals surface area contributed by atoms with Gasteiger partial charge >= 0.3 is 0 Å². The predicted octanol–water partition coefficient (Wildman–Crippen LogP) is 3.19. The van der Waals surface area contributed by atoms with Crippen LogP contribution in [0.4, 0.5) is 10.1 Å². The zero-order valence-electron chi connectivity index (χ0n) is 15.0. The average Bonchev–Trinajstić information content (AvgIpc) is 3.20. The normalized spacial score (nSPS) is 16.1. The largest absolute Gasteiger partial charge is 0.368 e. The van der Waals surface area contributed by atoms with Gasteiger partial charge in [-0.2, -0.15) is 0 Å². The number of halogens is 1. The van der Waals surface area contributed by atoms with E-state index in [-0.39, 0.29) is 23.7 Å². The molecule has 0 radical (unpaired) electrons. The Morgan fingerprint density at radius 2 is 1.93 bits per heavy atom. The molecule has 2 aromatic rings. The van der Waals surface area contributed by atoms with E-state index in [0.717, 1.165) is 24.0 Å². The SMILES string of the molecule is O=C(CCc1cccc(F)c1)NCc1cccc(NC(=O)C2CCCO2)c1. The average molecular weight is 370 g/mol. The van der Waals surface area contributed by atoms with Gasteiger partial charge in [0, 0.05) is 25.3 Å². The molecule has 142 valence electrons. The van der Waals surface area contributed by atoms with Crippen molar-refractivity contribution in [2.45, 2.75) is 38.3 Å². The first-order valence-electron chi connectivity index (χ1n) is 9.13.